The molecule has 1 aliphatic heterocycles. The zero-order valence-corrected chi connectivity index (χ0v) is 12.9. The fourth-order valence-electron chi connectivity index (χ4n) is 2.68. The van der Waals surface area contributed by atoms with Gasteiger partial charge in [-0.15, -0.1) is 0 Å². The van der Waals surface area contributed by atoms with Gasteiger partial charge in [-0.2, -0.15) is 0 Å². The maximum atomic E-state index is 11.1. The summed E-state index contributed by atoms with van der Waals surface area (Å²) in [6.45, 7) is 7.28. The molecule has 1 aromatic rings. The van der Waals surface area contributed by atoms with Crippen molar-refractivity contribution in [3.05, 3.63) is 23.8 Å². The summed E-state index contributed by atoms with van der Waals surface area (Å²) in [7, 11) is 1.57. The van der Waals surface area contributed by atoms with E-state index in [9.17, 15) is 4.79 Å². The first kappa shape index (κ1) is 15.8. The maximum absolute atomic E-state index is 11.1. The number of benzene rings is 1. The molecule has 1 aromatic carbocycles. The van der Waals surface area contributed by atoms with Gasteiger partial charge in [-0.3, -0.25) is 9.69 Å². The van der Waals surface area contributed by atoms with Crippen LogP contribution in [-0.2, 0) is 4.74 Å². The molecule has 0 bridgehead atoms. The lowest BCUT2D eigenvalue weighted by Gasteiger charge is -2.35. The van der Waals surface area contributed by atoms with Crippen LogP contribution in [0.5, 0.6) is 11.5 Å². The summed E-state index contributed by atoms with van der Waals surface area (Å²) in [6.07, 6.45) is 1.27. The highest BCUT2D eigenvalue weighted by Gasteiger charge is 2.22. The second-order valence-corrected chi connectivity index (χ2v) is 5.36. The molecule has 0 aromatic heterocycles. The molecule has 5 heteroatoms. The number of ether oxygens (including phenoxy) is 3. The predicted octanol–water partition coefficient (Wildman–Crippen LogP) is 2.00. The van der Waals surface area contributed by atoms with Crippen molar-refractivity contribution in [1.29, 1.82) is 0 Å². The van der Waals surface area contributed by atoms with Crippen LogP contribution in [0.4, 0.5) is 0 Å². The van der Waals surface area contributed by atoms with Gasteiger partial charge in [-0.25, -0.2) is 0 Å². The molecule has 1 saturated heterocycles. The number of morpholine rings is 1. The average molecular weight is 293 g/mol. The van der Waals surface area contributed by atoms with Crippen molar-refractivity contribution in [1.82, 2.24) is 4.90 Å². The molecule has 2 atom stereocenters. The van der Waals surface area contributed by atoms with Crippen LogP contribution in [0.25, 0.3) is 0 Å². The number of hydrogen-bond donors (Lipinski definition) is 0. The van der Waals surface area contributed by atoms with E-state index in [2.05, 4.69) is 18.7 Å². The zero-order chi connectivity index (χ0) is 15.2. The van der Waals surface area contributed by atoms with Crippen LogP contribution in [0.3, 0.4) is 0 Å². The highest BCUT2D eigenvalue weighted by Crippen LogP contribution is 2.29. The summed E-state index contributed by atoms with van der Waals surface area (Å²) in [6, 6.07) is 5.30. The molecule has 116 valence electrons. The summed E-state index contributed by atoms with van der Waals surface area (Å²) in [5, 5.41) is 0. The Hall–Kier alpha value is -1.59. The molecule has 0 N–H and O–H groups in total. The Balaban J connectivity index is 1.92. The molecule has 1 fully saturated rings. The number of rotatable bonds is 6. The molecule has 0 saturated carbocycles. The van der Waals surface area contributed by atoms with Crippen molar-refractivity contribution in [2.45, 2.75) is 26.1 Å². The van der Waals surface area contributed by atoms with Crippen LogP contribution in [0.2, 0.25) is 0 Å². The molecular weight excluding hydrogens is 270 g/mol. The second-order valence-electron chi connectivity index (χ2n) is 5.36. The van der Waals surface area contributed by atoms with Crippen LogP contribution in [0.1, 0.15) is 24.2 Å². The summed E-state index contributed by atoms with van der Waals surface area (Å²) < 4.78 is 16.7. The molecule has 5 nitrogen and oxygen atoms in total. The fraction of sp³-hybridized carbons (Fsp3) is 0.562. The Bertz CT molecular complexity index is 467. The Morgan fingerprint density at radius 1 is 1.33 bits per heavy atom. The van der Waals surface area contributed by atoms with Gasteiger partial charge >= 0.3 is 0 Å². The van der Waals surface area contributed by atoms with Gasteiger partial charge in [0.2, 0.25) is 0 Å². The highest BCUT2D eigenvalue weighted by atomic mass is 16.5. The van der Waals surface area contributed by atoms with Gasteiger partial charge < -0.3 is 14.2 Å². The van der Waals surface area contributed by atoms with Crippen LogP contribution >= 0.6 is 0 Å². The second kappa shape index (κ2) is 7.43. The summed E-state index contributed by atoms with van der Waals surface area (Å²) in [5.41, 5.74) is 0.512. The average Bonchev–Trinajstić information content (AvgIpc) is 2.46. The number of para-hydroxylation sites is 1. The van der Waals surface area contributed by atoms with Crippen molar-refractivity contribution in [2.24, 2.45) is 0 Å². The first-order valence-corrected chi connectivity index (χ1v) is 7.26. The van der Waals surface area contributed by atoms with Crippen LogP contribution in [0.15, 0.2) is 18.2 Å². The van der Waals surface area contributed by atoms with Crippen molar-refractivity contribution in [2.75, 3.05) is 33.4 Å². The lowest BCUT2D eigenvalue weighted by Crippen LogP contribution is -2.46. The van der Waals surface area contributed by atoms with E-state index in [0.29, 0.717) is 23.7 Å². The van der Waals surface area contributed by atoms with Gasteiger partial charge in [0.1, 0.15) is 6.61 Å². The van der Waals surface area contributed by atoms with E-state index in [-0.39, 0.29) is 12.2 Å². The Morgan fingerprint density at radius 3 is 2.67 bits per heavy atom. The van der Waals surface area contributed by atoms with E-state index in [1.165, 1.54) is 0 Å². The molecule has 0 radical (unpaired) electrons. The van der Waals surface area contributed by atoms with Crippen LogP contribution in [-0.4, -0.2) is 56.7 Å². The summed E-state index contributed by atoms with van der Waals surface area (Å²) in [4.78, 5) is 13.4. The molecule has 0 unspecified atom stereocenters. The normalized spacial score (nSPS) is 22.8. The predicted molar refractivity (Wildman–Crippen MR) is 80.3 cm³/mol. The lowest BCUT2D eigenvalue weighted by molar-refractivity contribution is -0.0699. The standard InChI is InChI=1S/C16H23NO4/c1-12-9-17(10-13(2)21-12)7-8-20-16-14(11-18)5-4-6-15(16)19-3/h4-6,11-13H,7-10H2,1-3H3/t12-,13-/m0/s1. The fourth-order valence-corrected chi connectivity index (χ4v) is 2.68. The summed E-state index contributed by atoms with van der Waals surface area (Å²) >= 11 is 0. The van der Waals surface area contributed by atoms with Gasteiger partial charge in [0.15, 0.2) is 17.8 Å². The van der Waals surface area contributed by atoms with E-state index in [1.807, 2.05) is 0 Å². The van der Waals surface area contributed by atoms with E-state index < -0.39 is 0 Å². The lowest BCUT2D eigenvalue weighted by atomic mass is 10.2. The highest BCUT2D eigenvalue weighted by molar-refractivity contribution is 5.81. The maximum Gasteiger partial charge on any atom is 0.171 e. The Kier molecular flexibility index (Phi) is 5.59. The zero-order valence-electron chi connectivity index (χ0n) is 12.9. The minimum atomic E-state index is 0.241. The smallest absolute Gasteiger partial charge is 0.171 e. The van der Waals surface area contributed by atoms with Gasteiger partial charge in [0.25, 0.3) is 0 Å². The molecule has 0 spiro atoms. The van der Waals surface area contributed by atoms with Crippen molar-refractivity contribution >= 4 is 6.29 Å². The molecule has 21 heavy (non-hydrogen) atoms. The third kappa shape index (κ3) is 4.19. The first-order chi connectivity index (χ1) is 10.1. The largest absolute Gasteiger partial charge is 0.493 e. The number of aldehydes is 1. The monoisotopic (exact) mass is 293 g/mol. The minimum Gasteiger partial charge on any atom is -0.493 e. The Morgan fingerprint density at radius 2 is 2.05 bits per heavy atom. The number of hydrogen-bond acceptors (Lipinski definition) is 5. The number of carbonyl (C=O) groups is 1. The van der Waals surface area contributed by atoms with E-state index in [0.717, 1.165) is 25.9 Å². The molecule has 2 rings (SSSR count). The third-order valence-electron chi connectivity index (χ3n) is 3.51. The Labute approximate surface area is 125 Å². The van der Waals surface area contributed by atoms with Gasteiger partial charge in [0.05, 0.1) is 24.9 Å². The number of carbonyl (C=O) groups excluding carboxylic acids is 1. The first-order valence-electron chi connectivity index (χ1n) is 7.26. The van der Waals surface area contributed by atoms with Gasteiger partial charge in [0, 0.05) is 19.6 Å². The minimum absolute atomic E-state index is 0.241. The van der Waals surface area contributed by atoms with Crippen LogP contribution in [0, 0.1) is 0 Å². The molecular formula is C16H23NO4. The van der Waals surface area contributed by atoms with Gasteiger partial charge in [-0.05, 0) is 26.0 Å². The van der Waals surface area contributed by atoms with E-state index in [4.69, 9.17) is 14.2 Å². The van der Waals surface area contributed by atoms with E-state index >= 15 is 0 Å². The summed E-state index contributed by atoms with van der Waals surface area (Å²) in [5.74, 6) is 1.10. The number of methoxy groups -OCH3 is 1. The molecule has 1 aliphatic rings. The van der Waals surface area contributed by atoms with Crippen molar-refractivity contribution in [3.8, 4) is 11.5 Å². The molecule has 0 amide bonds. The number of nitrogens with zero attached hydrogens (tertiary/aromatic N) is 1. The van der Waals surface area contributed by atoms with Crippen LogP contribution < -0.4 is 9.47 Å². The molecule has 0 aliphatic carbocycles. The third-order valence-corrected chi connectivity index (χ3v) is 3.51. The topological polar surface area (TPSA) is 48.0 Å². The quantitative estimate of drug-likeness (QED) is 0.751. The van der Waals surface area contributed by atoms with E-state index in [1.54, 1.807) is 25.3 Å². The molecule has 1 heterocycles. The SMILES string of the molecule is COc1cccc(C=O)c1OCCN1C[C@H](C)O[C@@H](C)C1. The van der Waals surface area contributed by atoms with Crippen molar-refractivity contribution < 1.29 is 19.0 Å². The van der Waals surface area contributed by atoms with Crippen molar-refractivity contribution in [3.63, 3.8) is 0 Å². The van der Waals surface area contributed by atoms with Gasteiger partial charge in [-0.1, -0.05) is 6.07 Å².